The van der Waals surface area contributed by atoms with Gasteiger partial charge in [-0.3, -0.25) is 4.70 Å². The van der Waals surface area contributed by atoms with Gasteiger partial charge in [-0.25, -0.2) is 0 Å². The van der Waals surface area contributed by atoms with Crippen molar-refractivity contribution in [2.45, 2.75) is 6.10 Å². The van der Waals surface area contributed by atoms with Crippen molar-refractivity contribution in [1.29, 1.82) is 0 Å². The maximum atomic E-state index is 5.09. The topological polar surface area (TPSA) is 12.5 Å². The van der Waals surface area contributed by atoms with Crippen molar-refractivity contribution in [3.8, 4) is 0 Å². The summed E-state index contributed by atoms with van der Waals surface area (Å²) in [6.45, 7) is 0.907. The standard InChI is InChI=1S/C8H8O.FH/c1-2-4-7(5-3-1)8-6-9-8;/h1-5,8H,6H2;1H. The van der Waals surface area contributed by atoms with Crippen LogP contribution < -0.4 is 0 Å². The van der Waals surface area contributed by atoms with Crippen LogP contribution in [0.3, 0.4) is 0 Å². The number of ether oxygens (including phenoxy) is 1. The Hall–Kier alpha value is -0.890. The summed E-state index contributed by atoms with van der Waals surface area (Å²) in [4.78, 5) is 0. The van der Waals surface area contributed by atoms with E-state index in [4.69, 9.17) is 4.74 Å². The molecule has 1 atom stereocenters. The minimum Gasteiger partial charge on any atom is -0.368 e. The van der Waals surface area contributed by atoms with Crippen molar-refractivity contribution in [3.63, 3.8) is 0 Å². The molecule has 1 nitrogen and oxygen atoms in total. The van der Waals surface area contributed by atoms with E-state index in [2.05, 4.69) is 12.1 Å². The van der Waals surface area contributed by atoms with Crippen molar-refractivity contribution >= 4 is 0 Å². The second-order valence-electron chi connectivity index (χ2n) is 2.23. The van der Waals surface area contributed by atoms with Gasteiger partial charge in [0.15, 0.2) is 0 Å². The molecule has 1 aliphatic heterocycles. The summed E-state index contributed by atoms with van der Waals surface area (Å²) in [6.07, 6.45) is 0.409. The number of hydrogen-bond acceptors (Lipinski definition) is 1. The second kappa shape index (κ2) is 2.80. The second-order valence-corrected chi connectivity index (χ2v) is 2.23. The summed E-state index contributed by atoms with van der Waals surface area (Å²) < 4.78 is 5.09. The van der Waals surface area contributed by atoms with Crippen LogP contribution in [-0.4, -0.2) is 6.61 Å². The zero-order valence-corrected chi connectivity index (χ0v) is 5.49. The van der Waals surface area contributed by atoms with Crippen molar-refractivity contribution in [2.24, 2.45) is 0 Å². The van der Waals surface area contributed by atoms with E-state index < -0.39 is 0 Å². The maximum absolute atomic E-state index is 5.09. The van der Waals surface area contributed by atoms with Crippen LogP contribution in [0, 0.1) is 0 Å². The number of hydrogen-bond donors (Lipinski definition) is 0. The van der Waals surface area contributed by atoms with Gasteiger partial charge in [-0.05, 0) is 5.56 Å². The van der Waals surface area contributed by atoms with Crippen LogP contribution in [0.15, 0.2) is 30.3 Å². The van der Waals surface area contributed by atoms with E-state index in [0.717, 1.165) is 6.61 Å². The molecule has 0 bridgehead atoms. The van der Waals surface area contributed by atoms with Gasteiger partial charge in [0.2, 0.25) is 0 Å². The average molecular weight is 140 g/mol. The van der Waals surface area contributed by atoms with Crippen molar-refractivity contribution in [1.82, 2.24) is 0 Å². The van der Waals surface area contributed by atoms with Crippen LogP contribution in [0.5, 0.6) is 0 Å². The summed E-state index contributed by atoms with van der Waals surface area (Å²) in [5.41, 5.74) is 1.30. The summed E-state index contributed by atoms with van der Waals surface area (Å²) in [7, 11) is 0. The van der Waals surface area contributed by atoms with Gasteiger partial charge in [-0.2, -0.15) is 0 Å². The molecule has 0 saturated carbocycles. The van der Waals surface area contributed by atoms with Crippen LogP contribution >= 0.6 is 0 Å². The first kappa shape index (κ1) is 7.22. The lowest BCUT2D eigenvalue weighted by molar-refractivity contribution is 0.415. The molecule has 0 aliphatic carbocycles. The van der Waals surface area contributed by atoms with E-state index >= 15 is 0 Å². The van der Waals surface area contributed by atoms with Gasteiger partial charge in [-0.1, -0.05) is 30.3 Å². The molecule has 2 rings (SSSR count). The van der Waals surface area contributed by atoms with E-state index in [1.807, 2.05) is 18.2 Å². The Balaban J connectivity index is 0.000000500. The largest absolute Gasteiger partial charge is 0.368 e. The molecule has 0 aromatic heterocycles. The van der Waals surface area contributed by atoms with Gasteiger partial charge in [0.25, 0.3) is 0 Å². The summed E-state index contributed by atoms with van der Waals surface area (Å²) >= 11 is 0. The fraction of sp³-hybridized carbons (Fsp3) is 0.250. The molecule has 1 unspecified atom stereocenters. The highest BCUT2D eigenvalue weighted by atomic mass is 19.0. The fourth-order valence-corrected chi connectivity index (χ4v) is 0.908. The Morgan fingerprint density at radius 2 is 1.80 bits per heavy atom. The highest BCUT2D eigenvalue weighted by Crippen LogP contribution is 2.28. The Morgan fingerprint density at radius 1 is 1.20 bits per heavy atom. The predicted molar refractivity (Wildman–Crippen MR) is 37.6 cm³/mol. The molecule has 0 amide bonds. The Labute approximate surface area is 59.0 Å². The zero-order valence-electron chi connectivity index (χ0n) is 5.49. The van der Waals surface area contributed by atoms with Crippen LogP contribution in [0.25, 0.3) is 0 Å². The molecular formula is C8H9FO. The van der Waals surface area contributed by atoms with E-state index in [0.29, 0.717) is 6.10 Å². The first-order valence-electron chi connectivity index (χ1n) is 3.13. The van der Waals surface area contributed by atoms with Gasteiger partial charge in [0, 0.05) is 0 Å². The number of benzene rings is 1. The van der Waals surface area contributed by atoms with Crippen molar-refractivity contribution in [3.05, 3.63) is 35.9 Å². The minimum absolute atomic E-state index is 0. The Morgan fingerprint density at radius 3 is 2.30 bits per heavy atom. The summed E-state index contributed by atoms with van der Waals surface area (Å²) in [5, 5.41) is 0. The summed E-state index contributed by atoms with van der Waals surface area (Å²) in [6, 6.07) is 10.3. The molecule has 0 radical (unpaired) electrons. The maximum Gasteiger partial charge on any atom is 0.106 e. The molecule has 54 valence electrons. The Bertz CT molecular complexity index is 194. The van der Waals surface area contributed by atoms with Crippen molar-refractivity contribution < 1.29 is 9.44 Å². The molecule has 1 fully saturated rings. The molecule has 1 aromatic rings. The third-order valence-electron chi connectivity index (χ3n) is 1.50. The number of rotatable bonds is 1. The van der Waals surface area contributed by atoms with Gasteiger partial charge < -0.3 is 4.74 Å². The van der Waals surface area contributed by atoms with Gasteiger partial charge in [-0.15, -0.1) is 0 Å². The lowest BCUT2D eigenvalue weighted by atomic mass is 10.2. The molecule has 0 N–H and O–H groups in total. The highest BCUT2D eigenvalue weighted by molar-refractivity contribution is 5.19. The quantitative estimate of drug-likeness (QED) is 0.543. The third-order valence-corrected chi connectivity index (χ3v) is 1.50. The number of epoxide rings is 1. The van der Waals surface area contributed by atoms with Gasteiger partial charge in [0.05, 0.1) is 6.61 Å². The average Bonchev–Trinajstić information content (AvgIpc) is 2.71. The van der Waals surface area contributed by atoms with Gasteiger partial charge in [0.1, 0.15) is 6.10 Å². The van der Waals surface area contributed by atoms with Crippen LogP contribution in [0.1, 0.15) is 11.7 Å². The highest BCUT2D eigenvalue weighted by Gasteiger charge is 2.23. The van der Waals surface area contributed by atoms with Crippen LogP contribution in [0.4, 0.5) is 4.70 Å². The molecule has 0 spiro atoms. The predicted octanol–water partition coefficient (Wildman–Crippen LogP) is 1.91. The molecule has 10 heavy (non-hydrogen) atoms. The molecule has 2 heteroatoms. The molecule has 1 saturated heterocycles. The normalized spacial score (nSPS) is 21.4. The smallest absolute Gasteiger partial charge is 0.106 e. The third kappa shape index (κ3) is 1.33. The number of halogens is 1. The van der Waals surface area contributed by atoms with Crippen LogP contribution in [0.2, 0.25) is 0 Å². The van der Waals surface area contributed by atoms with E-state index in [9.17, 15) is 0 Å². The SMILES string of the molecule is F.c1ccc(C2CO2)cc1. The fourth-order valence-electron chi connectivity index (χ4n) is 0.908. The first-order chi connectivity index (χ1) is 4.47. The molecular weight excluding hydrogens is 131 g/mol. The zero-order chi connectivity index (χ0) is 6.10. The lowest BCUT2D eigenvalue weighted by Gasteiger charge is -1.89. The minimum atomic E-state index is 0. The van der Waals surface area contributed by atoms with Crippen LogP contribution in [-0.2, 0) is 4.74 Å². The lowest BCUT2D eigenvalue weighted by Crippen LogP contribution is -1.75. The summed E-state index contributed by atoms with van der Waals surface area (Å²) in [5.74, 6) is 0. The molecule has 1 aliphatic rings. The first-order valence-corrected chi connectivity index (χ1v) is 3.13. The van der Waals surface area contributed by atoms with E-state index in [1.54, 1.807) is 0 Å². The molecule has 1 heterocycles. The van der Waals surface area contributed by atoms with Crippen molar-refractivity contribution in [2.75, 3.05) is 6.61 Å². The Kier molecular flexibility index (Phi) is 2.02. The van der Waals surface area contributed by atoms with E-state index in [-0.39, 0.29) is 4.70 Å². The van der Waals surface area contributed by atoms with Gasteiger partial charge >= 0.3 is 0 Å². The molecule has 1 aromatic carbocycles. The monoisotopic (exact) mass is 140 g/mol. The van der Waals surface area contributed by atoms with E-state index in [1.165, 1.54) is 5.56 Å².